The van der Waals surface area contributed by atoms with Crippen molar-refractivity contribution in [1.82, 2.24) is 9.97 Å². The Hall–Kier alpha value is -3.27. The largest absolute Gasteiger partial charge is 0.366 e. The maximum atomic E-state index is 4.29. The number of rotatable bonds is 2. The highest BCUT2D eigenvalue weighted by atomic mass is 15.3. The third kappa shape index (κ3) is 2.04. The van der Waals surface area contributed by atoms with Gasteiger partial charge in [-0.15, -0.1) is 0 Å². The predicted octanol–water partition coefficient (Wildman–Crippen LogP) is 4.75. The van der Waals surface area contributed by atoms with Gasteiger partial charge in [-0.2, -0.15) is 0 Å². The maximum absolute atomic E-state index is 4.29. The van der Waals surface area contributed by atoms with Crippen LogP contribution in [0.4, 0.5) is 17.1 Å². The summed E-state index contributed by atoms with van der Waals surface area (Å²) in [5.74, 6) is 0. The van der Waals surface area contributed by atoms with Crippen molar-refractivity contribution in [2.75, 3.05) is 16.9 Å². The van der Waals surface area contributed by atoms with Gasteiger partial charge < -0.3 is 15.2 Å². The molecule has 24 heavy (non-hydrogen) atoms. The van der Waals surface area contributed by atoms with E-state index in [0.717, 1.165) is 17.7 Å². The highest BCUT2D eigenvalue weighted by Gasteiger charge is 2.20. The summed E-state index contributed by atoms with van der Waals surface area (Å²) in [6, 6.07) is 23.4. The van der Waals surface area contributed by atoms with E-state index in [9.17, 15) is 0 Å². The van der Waals surface area contributed by atoms with Crippen LogP contribution in [0.25, 0.3) is 22.2 Å². The Morgan fingerprint density at radius 1 is 0.875 bits per heavy atom. The number of aromatic amines is 1. The molecule has 4 aromatic rings. The van der Waals surface area contributed by atoms with E-state index in [1.165, 1.54) is 28.2 Å². The second-order valence-corrected chi connectivity index (χ2v) is 5.96. The standard InChI is InChI=1S/C20H16N4/c1-2-4-16(5-3-1)24-13-23-18-9-7-15(11-20(18)24)14-6-8-17-19(10-14)22-12-21-17/h1-12,23H,13H2,(H,21,22). The molecule has 0 radical (unpaired) electrons. The minimum atomic E-state index is 0.794. The normalized spacial score (nSPS) is 13.1. The maximum Gasteiger partial charge on any atom is 0.0931 e. The van der Waals surface area contributed by atoms with Gasteiger partial charge in [0, 0.05) is 5.69 Å². The van der Waals surface area contributed by atoms with Crippen LogP contribution in [0.5, 0.6) is 0 Å². The Balaban J connectivity index is 1.60. The number of para-hydroxylation sites is 1. The molecule has 0 amide bonds. The van der Waals surface area contributed by atoms with Crippen LogP contribution >= 0.6 is 0 Å². The number of hydrogen-bond acceptors (Lipinski definition) is 3. The minimum absolute atomic E-state index is 0.794. The lowest BCUT2D eigenvalue weighted by molar-refractivity contribution is 1.10. The van der Waals surface area contributed by atoms with E-state index in [0.29, 0.717) is 0 Å². The van der Waals surface area contributed by atoms with Crippen molar-refractivity contribution in [3.8, 4) is 11.1 Å². The number of nitrogens with zero attached hydrogens (tertiary/aromatic N) is 2. The lowest BCUT2D eigenvalue weighted by Crippen LogP contribution is -2.16. The third-order valence-corrected chi connectivity index (χ3v) is 4.54. The van der Waals surface area contributed by atoms with Crippen LogP contribution < -0.4 is 10.2 Å². The second-order valence-electron chi connectivity index (χ2n) is 5.96. The van der Waals surface area contributed by atoms with Crippen molar-refractivity contribution in [1.29, 1.82) is 0 Å². The Morgan fingerprint density at radius 3 is 2.62 bits per heavy atom. The van der Waals surface area contributed by atoms with Gasteiger partial charge in [0.15, 0.2) is 0 Å². The number of nitrogens with one attached hydrogen (secondary N) is 2. The zero-order valence-electron chi connectivity index (χ0n) is 13.0. The molecule has 5 rings (SSSR count). The molecule has 116 valence electrons. The van der Waals surface area contributed by atoms with E-state index in [-0.39, 0.29) is 0 Å². The number of imidazole rings is 1. The molecule has 0 saturated heterocycles. The second kappa shape index (κ2) is 5.13. The molecule has 0 bridgehead atoms. The van der Waals surface area contributed by atoms with Crippen LogP contribution in [-0.2, 0) is 0 Å². The van der Waals surface area contributed by atoms with E-state index >= 15 is 0 Å². The number of H-pyrrole nitrogens is 1. The van der Waals surface area contributed by atoms with Gasteiger partial charge in [0.25, 0.3) is 0 Å². The topological polar surface area (TPSA) is 44.0 Å². The van der Waals surface area contributed by atoms with Gasteiger partial charge in [-0.1, -0.05) is 30.3 Å². The summed E-state index contributed by atoms with van der Waals surface area (Å²) in [5.41, 5.74) is 8.03. The van der Waals surface area contributed by atoms with Gasteiger partial charge >= 0.3 is 0 Å². The van der Waals surface area contributed by atoms with Gasteiger partial charge in [-0.05, 0) is 47.5 Å². The van der Waals surface area contributed by atoms with Crippen LogP contribution in [0, 0.1) is 0 Å². The zero-order valence-corrected chi connectivity index (χ0v) is 13.0. The molecule has 0 atom stereocenters. The lowest BCUT2D eigenvalue weighted by atomic mass is 10.0. The summed E-state index contributed by atoms with van der Waals surface area (Å²) in [6.07, 6.45) is 1.73. The first-order valence-electron chi connectivity index (χ1n) is 8.02. The summed E-state index contributed by atoms with van der Waals surface area (Å²) >= 11 is 0. The molecule has 1 aromatic heterocycles. The first kappa shape index (κ1) is 13.2. The summed E-state index contributed by atoms with van der Waals surface area (Å²) in [4.78, 5) is 9.77. The Bertz CT molecular complexity index is 1020. The average Bonchev–Trinajstić information content (AvgIpc) is 3.28. The van der Waals surface area contributed by atoms with Crippen LogP contribution in [0.2, 0.25) is 0 Å². The molecule has 0 aliphatic carbocycles. The number of anilines is 3. The molecule has 0 unspecified atom stereocenters. The van der Waals surface area contributed by atoms with Crippen LogP contribution in [0.3, 0.4) is 0 Å². The number of hydrogen-bond donors (Lipinski definition) is 2. The van der Waals surface area contributed by atoms with Crippen molar-refractivity contribution in [2.45, 2.75) is 0 Å². The summed E-state index contributed by atoms with van der Waals surface area (Å²) < 4.78 is 0. The van der Waals surface area contributed by atoms with E-state index in [1.807, 2.05) is 6.07 Å². The van der Waals surface area contributed by atoms with Gasteiger partial charge in [-0.3, -0.25) is 0 Å². The quantitative estimate of drug-likeness (QED) is 0.561. The van der Waals surface area contributed by atoms with Gasteiger partial charge in [0.1, 0.15) is 0 Å². The SMILES string of the molecule is c1ccc(N2CNc3ccc(-c4ccc5nc[nH]c5c4)cc32)cc1. The van der Waals surface area contributed by atoms with Crippen LogP contribution in [-0.4, -0.2) is 16.6 Å². The average molecular weight is 312 g/mol. The van der Waals surface area contributed by atoms with Gasteiger partial charge in [-0.25, -0.2) is 4.98 Å². The molecule has 4 heteroatoms. The van der Waals surface area contributed by atoms with E-state index in [1.54, 1.807) is 6.33 Å². The summed E-state index contributed by atoms with van der Waals surface area (Å²) in [7, 11) is 0. The molecule has 3 aromatic carbocycles. The van der Waals surface area contributed by atoms with E-state index < -0.39 is 0 Å². The molecule has 0 spiro atoms. The smallest absolute Gasteiger partial charge is 0.0931 e. The fourth-order valence-corrected chi connectivity index (χ4v) is 3.29. The van der Waals surface area contributed by atoms with Crippen LogP contribution in [0.1, 0.15) is 0 Å². The summed E-state index contributed by atoms with van der Waals surface area (Å²) in [6.45, 7) is 0.794. The fraction of sp³-hybridized carbons (Fsp3) is 0.0500. The first-order chi connectivity index (χ1) is 11.9. The van der Waals surface area contributed by atoms with Crippen molar-refractivity contribution < 1.29 is 0 Å². The van der Waals surface area contributed by atoms with E-state index in [4.69, 9.17) is 0 Å². The number of benzene rings is 3. The van der Waals surface area contributed by atoms with Gasteiger partial charge in [0.05, 0.1) is 35.4 Å². The first-order valence-corrected chi connectivity index (χ1v) is 8.02. The van der Waals surface area contributed by atoms with Crippen molar-refractivity contribution in [3.05, 3.63) is 73.1 Å². The molecule has 1 aliphatic rings. The molecule has 1 aliphatic heterocycles. The Morgan fingerprint density at radius 2 is 1.71 bits per heavy atom. The highest BCUT2D eigenvalue weighted by Crippen LogP contribution is 2.39. The predicted molar refractivity (Wildman–Crippen MR) is 98.6 cm³/mol. The monoisotopic (exact) mass is 312 g/mol. The van der Waals surface area contributed by atoms with Crippen molar-refractivity contribution in [3.63, 3.8) is 0 Å². The molecular formula is C20H16N4. The fourth-order valence-electron chi connectivity index (χ4n) is 3.29. The lowest BCUT2D eigenvalue weighted by Gasteiger charge is -2.18. The van der Waals surface area contributed by atoms with E-state index in [2.05, 4.69) is 80.8 Å². The van der Waals surface area contributed by atoms with Crippen molar-refractivity contribution >= 4 is 28.1 Å². The molecule has 0 saturated carbocycles. The van der Waals surface area contributed by atoms with Crippen LogP contribution in [0.15, 0.2) is 73.1 Å². The third-order valence-electron chi connectivity index (χ3n) is 4.54. The molecule has 2 heterocycles. The molecule has 4 nitrogen and oxygen atoms in total. The highest BCUT2D eigenvalue weighted by molar-refractivity contribution is 5.87. The number of fused-ring (bicyclic) bond motifs is 2. The Labute approximate surface area is 139 Å². The Kier molecular flexibility index (Phi) is 2.82. The van der Waals surface area contributed by atoms with Crippen molar-refractivity contribution in [2.24, 2.45) is 0 Å². The van der Waals surface area contributed by atoms with Gasteiger partial charge in [0.2, 0.25) is 0 Å². The number of aromatic nitrogens is 2. The minimum Gasteiger partial charge on any atom is -0.366 e. The summed E-state index contributed by atoms with van der Waals surface area (Å²) in [5, 5.41) is 3.46. The molecular weight excluding hydrogens is 296 g/mol. The molecule has 0 fully saturated rings. The zero-order chi connectivity index (χ0) is 15.9. The molecule has 2 N–H and O–H groups in total.